The molecule has 7 heteroatoms. The quantitative estimate of drug-likeness (QED) is 0.813. The zero-order valence-electron chi connectivity index (χ0n) is 10.9. The fourth-order valence-electron chi connectivity index (χ4n) is 1.33. The Morgan fingerprint density at radius 2 is 1.19 bits per heavy atom. The molecule has 0 heterocycles. The Labute approximate surface area is 124 Å². The summed E-state index contributed by atoms with van der Waals surface area (Å²) in [7, 11) is 0. The van der Waals surface area contributed by atoms with Crippen LogP contribution in [0.25, 0.3) is 0 Å². The molecule has 1 atom stereocenters. The van der Waals surface area contributed by atoms with Crippen LogP contribution in [0.15, 0.2) is 59.5 Å². The fourth-order valence-corrected chi connectivity index (χ4v) is 1.71. The van der Waals surface area contributed by atoms with Crippen molar-refractivity contribution in [2.75, 3.05) is 0 Å². The summed E-state index contributed by atoms with van der Waals surface area (Å²) in [6.45, 7) is 0. The standard InChI is InChI=1S/C8H8N2O2.C6H6O2S/c9-7(11)5-1-2-6(4-3-5)8(10)12;7-9(8)6-4-2-1-3-5-6/h1-4H,(H2,9,11)(H2,10,12);1-5H,(H,7,8)/p-1. The van der Waals surface area contributed by atoms with E-state index in [1.165, 1.54) is 24.3 Å². The van der Waals surface area contributed by atoms with Crippen molar-refractivity contribution in [2.45, 2.75) is 4.90 Å². The van der Waals surface area contributed by atoms with Crippen molar-refractivity contribution in [3.8, 4) is 0 Å². The molecule has 0 fully saturated rings. The lowest BCUT2D eigenvalue weighted by atomic mass is 10.1. The van der Waals surface area contributed by atoms with Gasteiger partial charge in [-0.25, -0.2) is 0 Å². The molecule has 2 amide bonds. The number of nitrogens with two attached hydrogens (primary N) is 2. The molecule has 0 aliphatic carbocycles. The second-order valence-corrected chi connectivity index (χ2v) is 4.79. The first-order valence-corrected chi connectivity index (χ1v) is 6.83. The molecule has 0 bridgehead atoms. The molecule has 1 unspecified atom stereocenters. The number of rotatable bonds is 3. The largest absolute Gasteiger partial charge is 0.768 e. The van der Waals surface area contributed by atoms with Gasteiger partial charge in [0.25, 0.3) is 0 Å². The first kappa shape index (κ1) is 16.5. The summed E-state index contributed by atoms with van der Waals surface area (Å²) >= 11 is -2.08. The maximum absolute atomic E-state index is 10.6. The van der Waals surface area contributed by atoms with Crippen LogP contribution in [0, 0.1) is 0 Å². The molecule has 0 saturated heterocycles. The fraction of sp³-hybridized carbons (Fsp3) is 0. The number of amides is 2. The Balaban J connectivity index is 0.000000219. The van der Waals surface area contributed by atoms with Crippen LogP contribution in [0.2, 0.25) is 0 Å². The van der Waals surface area contributed by atoms with Crippen LogP contribution < -0.4 is 11.5 Å². The Morgan fingerprint density at radius 3 is 1.43 bits per heavy atom. The number of hydrogen-bond donors (Lipinski definition) is 2. The van der Waals surface area contributed by atoms with E-state index in [4.69, 9.17) is 11.5 Å². The van der Waals surface area contributed by atoms with Crippen molar-refractivity contribution in [2.24, 2.45) is 11.5 Å². The Morgan fingerprint density at radius 1 is 0.810 bits per heavy atom. The number of carbonyl (C=O) groups excluding carboxylic acids is 2. The number of carbonyl (C=O) groups is 2. The molecule has 2 rings (SSSR count). The van der Waals surface area contributed by atoms with Gasteiger partial charge in [-0.1, -0.05) is 18.2 Å². The summed E-state index contributed by atoms with van der Waals surface area (Å²) in [5, 5.41) is 0. The van der Waals surface area contributed by atoms with Gasteiger partial charge in [0, 0.05) is 16.0 Å². The van der Waals surface area contributed by atoms with Gasteiger partial charge in [-0.2, -0.15) is 0 Å². The maximum Gasteiger partial charge on any atom is 0.248 e. The van der Waals surface area contributed by atoms with Gasteiger partial charge in [0.15, 0.2) is 0 Å². The van der Waals surface area contributed by atoms with E-state index in [0.29, 0.717) is 16.0 Å². The second-order valence-electron chi connectivity index (χ2n) is 3.85. The first-order chi connectivity index (χ1) is 9.91. The highest BCUT2D eigenvalue weighted by molar-refractivity contribution is 7.79. The van der Waals surface area contributed by atoms with E-state index < -0.39 is 22.9 Å². The van der Waals surface area contributed by atoms with Gasteiger partial charge >= 0.3 is 0 Å². The van der Waals surface area contributed by atoms with Crippen LogP contribution in [0.4, 0.5) is 0 Å². The molecule has 0 aliphatic heterocycles. The molecule has 2 aromatic carbocycles. The number of hydrogen-bond acceptors (Lipinski definition) is 4. The van der Waals surface area contributed by atoms with Crippen molar-refractivity contribution in [1.82, 2.24) is 0 Å². The Hall–Kier alpha value is -2.51. The minimum atomic E-state index is -2.08. The highest BCUT2D eigenvalue weighted by Crippen LogP contribution is 2.02. The molecule has 0 spiro atoms. The molecular formula is C14H13N2O4S-. The highest BCUT2D eigenvalue weighted by atomic mass is 32.2. The molecule has 0 aromatic heterocycles. The smallest absolute Gasteiger partial charge is 0.248 e. The lowest BCUT2D eigenvalue weighted by Crippen LogP contribution is -2.13. The maximum atomic E-state index is 10.6. The zero-order chi connectivity index (χ0) is 15.8. The number of benzene rings is 2. The van der Waals surface area contributed by atoms with E-state index in [1.54, 1.807) is 30.3 Å². The van der Waals surface area contributed by atoms with Gasteiger partial charge < -0.3 is 16.0 Å². The summed E-state index contributed by atoms with van der Waals surface area (Å²) in [5.74, 6) is -1.04. The highest BCUT2D eigenvalue weighted by Gasteiger charge is 2.02. The minimum Gasteiger partial charge on any atom is -0.768 e. The van der Waals surface area contributed by atoms with Crippen molar-refractivity contribution >= 4 is 22.9 Å². The molecule has 110 valence electrons. The molecule has 4 N–H and O–H groups in total. The van der Waals surface area contributed by atoms with E-state index in [0.717, 1.165) is 0 Å². The van der Waals surface area contributed by atoms with Gasteiger partial charge in [-0.05, 0) is 47.5 Å². The van der Waals surface area contributed by atoms with Gasteiger partial charge in [0.1, 0.15) is 0 Å². The van der Waals surface area contributed by atoms with E-state index >= 15 is 0 Å². The summed E-state index contributed by atoms with van der Waals surface area (Å²) in [5.41, 5.74) is 10.7. The van der Waals surface area contributed by atoms with Crippen LogP contribution in [0.1, 0.15) is 20.7 Å². The molecular weight excluding hydrogens is 292 g/mol. The molecule has 0 aliphatic rings. The molecule has 0 saturated carbocycles. The lowest BCUT2D eigenvalue weighted by molar-refractivity contribution is 0.0988. The summed E-state index contributed by atoms with van der Waals surface area (Å²) in [6, 6.07) is 14.1. The predicted octanol–water partition coefficient (Wildman–Crippen LogP) is 0.809. The van der Waals surface area contributed by atoms with Crippen LogP contribution in [-0.4, -0.2) is 20.6 Å². The van der Waals surface area contributed by atoms with Gasteiger partial charge in [0.2, 0.25) is 11.8 Å². The summed E-state index contributed by atoms with van der Waals surface area (Å²) in [4.78, 5) is 21.5. The predicted molar refractivity (Wildman–Crippen MR) is 77.1 cm³/mol. The van der Waals surface area contributed by atoms with Crippen LogP contribution in [-0.2, 0) is 11.1 Å². The van der Waals surface area contributed by atoms with Crippen molar-refractivity contribution < 1.29 is 18.4 Å². The van der Waals surface area contributed by atoms with Crippen LogP contribution in [0.5, 0.6) is 0 Å². The second kappa shape index (κ2) is 7.93. The van der Waals surface area contributed by atoms with Gasteiger partial charge in [0.05, 0.1) is 0 Å². The van der Waals surface area contributed by atoms with E-state index in [2.05, 4.69) is 0 Å². The van der Waals surface area contributed by atoms with Crippen LogP contribution >= 0.6 is 0 Å². The minimum absolute atomic E-state index is 0.331. The zero-order valence-corrected chi connectivity index (χ0v) is 11.7. The van der Waals surface area contributed by atoms with E-state index in [-0.39, 0.29) is 0 Å². The molecule has 21 heavy (non-hydrogen) atoms. The summed E-state index contributed by atoms with van der Waals surface area (Å²) < 4.78 is 20.4. The van der Waals surface area contributed by atoms with E-state index in [9.17, 15) is 18.4 Å². The van der Waals surface area contributed by atoms with Crippen molar-refractivity contribution in [3.63, 3.8) is 0 Å². The van der Waals surface area contributed by atoms with Crippen molar-refractivity contribution in [3.05, 3.63) is 65.7 Å². The third-order valence-electron chi connectivity index (χ3n) is 2.39. The molecule has 0 radical (unpaired) electrons. The third kappa shape index (κ3) is 5.55. The van der Waals surface area contributed by atoms with Gasteiger partial charge in [-0.15, -0.1) is 0 Å². The topological polar surface area (TPSA) is 126 Å². The Bertz CT molecular complexity index is 609. The SMILES string of the molecule is NC(=O)c1ccc(C(N)=O)cc1.O=S([O-])c1ccccc1. The van der Waals surface area contributed by atoms with Crippen molar-refractivity contribution in [1.29, 1.82) is 0 Å². The third-order valence-corrected chi connectivity index (χ3v) is 3.05. The normalized spacial score (nSPS) is 10.9. The van der Waals surface area contributed by atoms with Crippen LogP contribution in [0.3, 0.4) is 0 Å². The first-order valence-electron chi connectivity index (χ1n) is 5.76. The number of primary amides is 2. The average molecular weight is 305 g/mol. The van der Waals surface area contributed by atoms with E-state index in [1.807, 2.05) is 0 Å². The lowest BCUT2D eigenvalue weighted by Gasteiger charge is -2.01. The van der Waals surface area contributed by atoms with Gasteiger partial charge in [-0.3, -0.25) is 13.8 Å². The molecule has 2 aromatic rings. The molecule has 6 nitrogen and oxygen atoms in total. The Kier molecular flexibility index (Phi) is 6.25. The average Bonchev–Trinajstić information content (AvgIpc) is 2.49. The summed E-state index contributed by atoms with van der Waals surface area (Å²) in [6.07, 6.45) is 0. The monoisotopic (exact) mass is 305 g/mol.